The molecule has 1 unspecified atom stereocenters. The topological polar surface area (TPSA) is 29.3 Å². The number of hydrogen-bond donors (Lipinski definition) is 1. The second kappa shape index (κ2) is 7.69. The van der Waals surface area contributed by atoms with Crippen molar-refractivity contribution in [2.45, 2.75) is 39.8 Å². The zero-order chi connectivity index (χ0) is 16.0. The second-order valence-electron chi connectivity index (χ2n) is 5.43. The van der Waals surface area contributed by atoms with Crippen molar-refractivity contribution in [1.82, 2.24) is 0 Å². The van der Waals surface area contributed by atoms with Gasteiger partial charge in [0.25, 0.3) is 0 Å². The van der Waals surface area contributed by atoms with Gasteiger partial charge < -0.3 is 10.6 Å². The summed E-state index contributed by atoms with van der Waals surface area (Å²) >= 11 is 0. The summed E-state index contributed by atoms with van der Waals surface area (Å²) in [6.07, 6.45) is -3.09. The molecular weight excluding hydrogens is 277 g/mol. The summed E-state index contributed by atoms with van der Waals surface area (Å²) < 4.78 is 39.6. The van der Waals surface area contributed by atoms with Crippen molar-refractivity contribution < 1.29 is 13.2 Å². The van der Waals surface area contributed by atoms with Gasteiger partial charge in [0.15, 0.2) is 0 Å². The fraction of sp³-hybridized carbons (Fsp3) is 0.625. The summed E-state index contributed by atoms with van der Waals surface area (Å²) in [5, 5.41) is 0. The maximum absolute atomic E-state index is 13.2. The van der Waals surface area contributed by atoms with E-state index < -0.39 is 11.7 Å². The van der Waals surface area contributed by atoms with E-state index in [1.54, 1.807) is 12.1 Å². The number of halogens is 3. The maximum atomic E-state index is 13.2. The van der Waals surface area contributed by atoms with Crippen molar-refractivity contribution >= 4 is 5.69 Å². The first-order valence-electron chi connectivity index (χ1n) is 7.48. The van der Waals surface area contributed by atoms with Crippen LogP contribution in [0.5, 0.6) is 0 Å². The van der Waals surface area contributed by atoms with Crippen LogP contribution < -0.4 is 10.6 Å². The molecule has 5 heteroatoms. The number of nitrogens with two attached hydrogens (primary N) is 1. The zero-order valence-electron chi connectivity index (χ0n) is 13.0. The van der Waals surface area contributed by atoms with Gasteiger partial charge in [-0.3, -0.25) is 0 Å². The van der Waals surface area contributed by atoms with Gasteiger partial charge in [-0.05, 0) is 43.5 Å². The lowest BCUT2D eigenvalue weighted by molar-refractivity contribution is -0.138. The van der Waals surface area contributed by atoms with Crippen molar-refractivity contribution in [3.05, 3.63) is 29.3 Å². The average molecular weight is 302 g/mol. The van der Waals surface area contributed by atoms with E-state index in [2.05, 4.69) is 13.8 Å². The van der Waals surface area contributed by atoms with Crippen molar-refractivity contribution in [2.75, 3.05) is 24.5 Å². The van der Waals surface area contributed by atoms with Crippen LogP contribution in [0.15, 0.2) is 18.2 Å². The first kappa shape index (κ1) is 17.8. The third-order valence-corrected chi connectivity index (χ3v) is 3.79. The van der Waals surface area contributed by atoms with Crippen LogP contribution in [-0.2, 0) is 12.6 Å². The maximum Gasteiger partial charge on any atom is 0.416 e. The summed E-state index contributed by atoms with van der Waals surface area (Å²) in [6.45, 7) is 7.83. The molecular formula is C16H25F3N2. The van der Waals surface area contributed by atoms with Crippen molar-refractivity contribution in [3.63, 3.8) is 0 Å². The molecule has 2 N–H and O–H groups in total. The monoisotopic (exact) mass is 302 g/mol. The molecule has 0 bridgehead atoms. The van der Waals surface area contributed by atoms with Gasteiger partial charge in [0.05, 0.1) is 5.56 Å². The van der Waals surface area contributed by atoms with Crippen molar-refractivity contribution in [1.29, 1.82) is 0 Å². The Bertz CT molecular complexity index is 444. The number of hydrogen-bond acceptors (Lipinski definition) is 2. The number of alkyl halides is 3. The largest absolute Gasteiger partial charge is 0.416 e. The molecule has 0 radical (unpaired) electrons. The summed E-state index contributed by atoms with van der Waals surface area (Å²) in [5.41, 5.74) is 5.74. The molecule has 0 spiro atoms. The highest BCUT2D eigenvalue weighted by atomic mass is 19.4. The molecule has 0 aromatic heterocycles. The van der Waals surface area contributed by atoms with Gasteiger partial charge in [-0.1, -0.05) is 26.3 Å². The summed E-state index contributed by atoms with van der Waals surface area (Å²) in [5.74, 6) is 0.447. The van der Waals surface area contributed by atoms with Crippen molar-refractivity contribution in [2.24, 2.45) is 11.7 Å². The summed E-state index contributed by atoms with van der Waals surface area (Å²) in [6, 6.07) is 4.59. The van der Waals surface area contributed by atoms with E-state index >= 15 is 0 Å². The fourth-order valence-corrected chi connectivity index (χ4v) is 2.32. The highest BCUT2D eigenvalue weighted by molar-refractivity contribution is 5.52. The molecule has 0 aliphatic rings. The molecule has 0 saturated carbocycles. The Balaban J connectivity index is 3.13. The molecule has 0 amide bonds. The Labute approximate surface area is 125 Å². The van der Waals surface area contributed by atoms with E-state index in [1.165, 1.54) is 6.07 Å². The minimum absolute atomic E-state index is 0.215. The Morgan fingerprint density at radius 1 is 1.24 bits per heavy atom. The van der Waals surface area contributed by atoms with Gasteiger partial charge in [-0.15, -0.1) is 0 Å². The smallest absolute Gasteiger partial charge is 0.372 e. The molecule has 1 rings (SSSR count). The third kappa shape index (κ3) is 4.92. The molecule has 0 heterocycles. The van der Waals surface area contributed by atoms with Crippen LogP contribution in [-0.4, -0.2) is 19.6 Å². The molecule has 1 aromatic rings. The van der Waals surface area contributed by atoms with Gasteiger partial charge in [-0.2, -0.15) is 13.2 Å². The predicted octanol–water partition coefficient (Wildman–Crippen LogP) is 4.08. The van der Waals surface area contributed by atoms with Gasteiger partial charge in [0.1, 0.15) is 0 Å². The summed E-state index contributed by atoms with van der Waals surface area (Å²) in [4.78, 5) is 2.00. The van der Waals surface area contributed by atoms with Crippen LogP contribution in [0.2, 0.25) is 0 Å². The van der Waals surface area contributed by atoms with Gasteiger partial charge in [0, 0.05) is 18.8 Å². The Kier molecular flexibility index (Phi) is 6.52. The van der Waals surface area contributed by atoms with Gasteiger partial charge in [-0.25, -0.2) is 0 Å². The van der Waals surface area contributed by atoms with E-state index in [-0.39, 0.29) is 18.5 Å². The summed E-state index contributed by atoms with van der Waals surface area (Å²) in [7, 11) is 0. The second-order valence-corrected chi connectivity index (χ2v) is 5.43. The Hall–Kier alpha value is -1.23. The van der Waals surface area contributed by atoms with Crippen LogP contribution in [0.4, 0.5) is 18.9 Å². The van der Waals surface area contributed by atoms with Crippen LogP contribution >= 0.6 is 0 Å². The van der Waals surface area contributed by atoms with E-state index in [0.717, 1.165) is 13.0 Å². The molecule has 0 saturated heterocycles. The predicted molar refractivity (Wildman–Crippen MR) is 81.5 cm³/mol. The molecule has 0 aliphatic carbocycles. The molecule has 0 fully saturated rings. The number of nitrogens with zero attached hydrogens (tertiary/aromatic N) is 1. The SMILES string of the molecule is CCC(C)CN(CC)c1ccc(CCN)c(C(F)(F)F)c1. The highest BCUT2D eigenvalue weighted by Gasteiger charge is 2.33. The Morgan fingerprint density at radius 3 is 2.38 bits per heavy atom. The molecule has 0 aliphatic heterocycles. The lowest BCUT2D eigenvalue weighted by Gasteiger charge is -2.27. The highest BCUT2D eigenvalue weighted by Crippen LogP contribution is 2.35. The molecule has 120 valence electrons. The Morgan fingerprint density at radius 2 is 1.90 bits per heavy atom. The normalized spacial score (nSPS) is 13.3. The molecule has 2 nitrogen and oxygen atoms in total. The zero-order valence-corrected chi connectivity index (χ0v) is 13.0. The van der Waals surface area contributed by atoms with E-state index in [9.17, 15) is 13.2 Å². The van der Waals surface area contributed by atoms with Crippen LogP contribution in [0.3, 0.4) is 0 Å². The van der Waals surface area contributed by atoms with Crippen LogP contribution in [0, 0.1) is 5.92 Å². The van der Waals surface area contributed by atoms with Crippen molar-refractivity contribution in [3.8, 4) is 0 Å². The number of anilines is 1. The molecule has 21 heavy (non-hydrogen) atoms. The lowest BCUT2D eigenvalue weighted by Crippen LogP contribution is -2.28. The first-order chi connectivity index (χ1) is 9.83. The average Bonchev–Trinajstić information content (AvgIpc) is 2.44. The lowest BCUT2D eigenvalue weighted by atomic mass is 10.0. The van der Waals surface area contributed by atoms with Gasteiger partial charge in [0.2, 0.25) is 0 Å². The van der Waals surface area contributed by atoms with Crippen LogP contribution in [0.1, 0.15) is 38.3 Å². The molecule has 1 atom stereocenters. The van der Waals surface area contributed by atoms with E-state index in [0.29, 0.717) is 18.2 Å². The minimum atomic E-state index is -4.34. The molecule has 1 aromatic carbocycles. The van der Waals surface area contributed by atoms with Crippen LogP contribution in [0.25, 0.3) is 0 Å². The third-order valence-electron chi connectivity index (χ3n) is 3.79. The quantitative estimate of drug-likeness (QED) is 0.822. The first-order valence-corrected chi connectivity index (χ1v) is 7.48. The fourth-order valence-electron chi connectivity index (χ4n) is 2.32. The number of rotatable bonds is 7. The minimum Gasteiger partial charge on any atom is -0.372 e. The standard InChI is InChI=1S/C16H25F3N2/c1-4-12(3)11-21(5-2)14-7-6-13(8-9-20)15(10-14)16(17,18)19/h6-7,10,12H,4-5,8-9,11,20H2,1-3H3. The van der Waals surface area contributed by atoms with E-state index in [1.807, 2.05) is 11.8 Å². The van der Waals surface area contributed by atoms with Gasteiger partial charge >= 0.3 is 6.18 Å². The van der Waals surface area contributed by atoms with E-state index in [4.69, 9.17) is 5.73 Å². The number of benzene rings is 1.